The smallest absolute Gasteiger partial charge is 0.0873 e. The number of oxime groups is 1. The molecule has 0 aliphatic heterocycles. The number of hydrogen-bond donors (Lipinski definition) is 1. The van der Waals surface area contributed by atoms with Gasteiger partial charge in [0.1, 0.15) is 0 Å². The Hall–Kier alpha value is -1.31. The zero-order valence-corrected chi connectivity index (χ0v) is 12.2. The number of nitrogens with zero attached hydrogens (tertiary/aromatic N) is 1. The van der Waals surface area contributed by atoms with Crippen LogP contribution in [0.4, 0.5) is 0 Å². The zero-order chi connectivity index (χ0) is 13.7. The molecular weight excluding hydrogens is 246 g/mol. The lowest BCUT2D eigenvalue weighted by molar-refractivity contribution is 0.0713. The minimum Gasteiger partial charge on any atom is -0.411 e. The molecule has 1 aromatic rings. The van der Waals surface area contributed by atoms with Crippen LogP contribution in [0, 0.1) is 17.3 Å². The average Bonchev–Trinajstić information content (AvgIpc) is 2.88. The van der Waals surface area contributed by atoms with Gasteiger partial charge in [-0.2, -0.15) is 0 Å². The number of rotatable bonds is 0. The van der Waals surface area contributed by atoms with E-state index in [0.29, 0.717) is 17.3 Å². The fourth-order valence-electron chi connectivity index (χ4n) is 5.46. The maximum absolute atomic E-state index is 9.42. The van der Waals surface area contributed by atoms with Crippen molar-refractivity contribution in [2.24, 2.45) is 22.4 Å². The van der Waals surface area contributed by atoms with Crippen LogP contribution in [-0.4, -0.2) is 10.9 Å². The lowest BCUT2D eigenvalue weighted by atomic mass is 9.55. The molecule has 0 amide bonds. The second-order valence-electron chi connectivity index (χ2n) is 7.30. The van der Waals surface area contributed by atoms with Crippen molar-refractivity contribution in [3.63, 3.8) is 0 Å². The zero-order valence-electron chi connectivity index (χ0n) is 12.2. The Morgan fingerprint density at radius 1 is 1.20 bits per heavy atom. The van der Waals surface area contributed by atoms with Gasteiger partial charge in [-0.05, 0) is 60.8 Å². The highest BCUT2D eigenvalue weighted by Crippen LogP contribution is 2.60. The van der Waals surface area contributed by atoms with E-state index in [9.17, 15) is 5.21 Å². The van der Waals surface area contributed by atoms with Crippen molar-refractivity contribution in [1.82, 2.24) is 0 Å². The average molecular weight is 269 g/mol. The van der Waals surface area contributed by atoms with Crippen molar-refractivity contribution < 1.29 is 5.21 Å². The van der Waals surface area contributed by atoms with Gasteiger partial charge >= 0.3 is 0 Å². The maximum Gasteiger partial charge on any atom is 0.0873 e. The maximum atomic E-state index is 9.42. The summed E-state index contributed by atoms with van der Waals surface area (Å²) >= 11 is 0. The van der Waals surface area contributed by atoms with Gasteiger partial charge in [-0.25, -0.2) is 0 Å². The third-order valence-electron chi connectivity index (χ3n) is 6.44. The quantitative estimate of drug-likeness (QED) is 0.543. The van der Waals surface area contributed by atoms with E-state index in [1.165, 1.54) is 43.2 Å². The number of fused-ring (bicyclic) bond motifs is 5. The standard InChI is InChI=1S/C18H23NO/c1-18-9-4-7-16(18)15-11-17(19-20)14-6-3-2-5-12(14)13(15)8-10-18/h2-3,5-6,13,15-16,20H,4,7-11H2,1H3/t13-,15-,16+,18+/m1/s1. The van der Waals surface area contributed by atoms with Crippen molar-refractivity contribution in [3.05, 3.63) is 35.4 Å². The molecule has 0 heterocycles. The Labute approximate surface area is 120 Å². The predicted molar refractivity (Wildman–Crippen MR) is 80.3 cm³/mol. The molecule has 4 atom stereocenters. The Kier molecular flexibility index (Phi) is 2.70. The molecule has 0 unspecified atom stereocenters. The van der Waals surface area contributed by atoms with Crippen LogP contribution in [-0.2, 0) is 0 Å². The molecule has 2 saturated carbocycles. The minimum absolute atomic E-state index is 0.550. The van der Waals surface area contributed by atoms with E-state index in [1.807, 2.05) is 0 Å². The largest absolute Gasteiger partial charge is 0.411 e. The summed E-state index contributed by atoms with van der Waals surface area (Å²) in [5, 5.41) is 13.1. The van der Waals surface area contributed by atoms with Gasteiger partial charge in [0.2, 0.25) is 0 Å². The van der Waals surface area contributed by atoms with Gasteiger partial charge < -0.3 is 5.21 Å². The van der Waals surface area contributed by atoms with Gasteiger partial charge in [-0.1, -0.05) is 42.8 Å². The first-order chi connectivity index (χ1) is 9.73. The summed E-state index contributed by atoms with van der Waals surface area (Å²) in [4.78, 5) is 0. The summed E-state index contributed by atoms with van der Waals surface area (Å²) in [6.07, 6.45) is 7.81. The topological polar surface area (TPSA) is 32.6 Å². The molecular formula is C18H23NO. The molecule has 0 bridgehead atoms. The van der Waals surface area contributed by atoms with E-state index in [4.69, 9.17) is 0 Å². The first-order valence-electron chi connectivity index (χ1n) is 8.03. The van der Waals surface area contributed by atoms with Crippen LogP contribution in [0.1, 0.15) is 62.5 Å². The van der Waals surface area contributed by atoms with Gasteiger partial charge in [-0.3, -0.25) is 0 Å². The van der Waals surface area contributed by atoms with Crippen molar-refractivity contribution in [2.75, 3.05) is 0 Å². The monoisotopic (exact) mass is 269 g/mol. The first kappa shape index (κ1) is 12.4. The SMILES string of the molecule is C[C@@]12CCC[C@H]1[C@@H]1CC(=NO)c3ccccc3[C@H]1CC2. The van der Waals surface area contributed by atoms with Crippen molar-refractivity contribution >= 4 is 5.71 Å². The second-order valence-corrected chi connectivity index (χ2v) is 7.30. The highest BCUT2D eigenvalue weighted by molar-refractivity contribution is 6.02. The molecule has 1 aromatic carbocycles. The molecule has 3 aliphatic rings. The van der Waals surface area contributed by atoms with Crippen molar-refractivity contribution in [1.29, 1.82) is 0 Å². The Balaban J connectivity index is 1.80. The van der Waals surface area contributed by atoms with Crippen LogP contribution < -0.4 is 0 Å². The van der Waals surface area contributed by atoms with E-state index >= 15 is 0 Å². The molecule has 4 rings (SSSR count). The normalized spacial score (nSPS) is 41.0. The van der Waals surface area contributed by atoms with E-state index in [1.54, 1.807) is 0 Å². The molecule has 0 saturated heterocycles. The number of benzene rings is 1. The van der Waals surface area contributed by atoms with E-state index < -0.39 is 0 Å². The third-order valence-corrected chi connectivity index (χ3v) is 6.44. The molecule has 2 nitrogen and oxygen atoms in total. The van der Waals surface area contributed by atoms with Crippen LogP contribution in [0.3, 0.4) is 0 Å². The molecule has 2 fully saturated rings. The van der Waals surface area contributed by atoms with Crippen molar-refractivity contribution in [3.8, 4) is 0 Å². The van der Waals surface area contributed by atoms with Crippen LogP contribution in [0.15, 0.2) is 29.4 Å². The molecule has 0 spiro atoms. The molecule has 0 radical (unpaired) electrons. The lowest BCUT2D eigenvalue weighted by Crippen LogP contribution is -2.41. The van der Waals surface area contributed by atoms with Crippen LogP contribution in [0.5, 0.6) is 0 Å². The van der Waals surface area contributed by atoms with Gasteiger partial charge in [0.25, 0.3) is 0 Å². The van der Waals surface area contributed by atoms with Crippen LogP contribution in [0.2, 0.25) is 0 Å². The molecule has 1 N–H and O–H groups in total. The predicted octanol–water partition coefficient (Wildman–Crippen LogP) is 4.57. The summed E-state index contributed by atoms with van der Waals surface area (Å²) in [6, 6.07) is 8.59. The first-order valence-corrected chi connectivity index (χ1v) is 8.03. The summed E-state index contributed by atoms with van der Waals surface area (Å²) in [6.45, 7) is 2.50. The molecule has 106 valence electrons. The molecule has 20 heavy (non-hydrogen) atoms. The van der Waals surface area contributed by atoms with Gasteiger partial charge in [-0.15, -0.1) is 0 Å². The summed E-state index contributed by atoms with van der Waals surface area (Å²) < 4.78 is 0. The fourth-order valence-corrected chi connectivity index (χ4v) is 5.46. The van der Waals surface area contributed by atoms with Gasteiger partial charge in [0.05, 0.1) is 5.71 Å². The Bertz CT molecular complexity index is 564. The lowest BCUT2D eigenvalue weighted by Gasteiger charge is -2.49. The van der Waals surface area contributed by atoms with Gasteiger partial charge in [0, 0.05) is 5.56 Å². The molecule has 2 heteroatoms. The van der Waals surface area contributed by atoms with E-state index in [-0.39, 0.29) is 0 Å². The highest BCUT2D eigenvalue weighted by Gasteiger charge is 2.51. The minimum atomic E-state index is 0.550. The Morgan fingerprint density at radius 3 is 2.90 bits per heavy atom. The van der Waals surface area contributed by atoms with Gasteiger partial charge in [0.15, 0.2) is 0 Å². The summed E-state index contributed by atoms with van der Waals surface area (Å²) in [5.41, 5.74) is 4.09. The van der Waals surface area contributed by atoms with Crippen LogP contribution in [0.25, 0.3) is 0 Å². The van der Waals surface area contributed by atoms with E-state index in [2.05, 4.69) is 36.3 Å². The highest BCUT2D eigenvalue weighted by atomic mass is 16.4. The third kappa shape index (κ3) is 1.60. The summed E-state index contributed by atoms with van der Waals surface area (Å²) in [5.74, 6) is 2.20. The van der Waals surface area contributed by atoms with E-state index in [0.717, 1.165) is 18.1 Å². The molecule has 0 aromatic heterocycles. The van der Waals surface area contributed by atoms with Crippen LogP contribution >= 0.6 is 0 Å². The summed E-state index contributed by atoms with van der Waals surface area (Å²) in [7, 11) is 0. The second kappa shape index (κ2) is 4.34. The fraction of sp³-hybridized carbons (Fsp3) is 0.611. The van der Waals surface area contributed by atoms with Crippen molar-refractivity contribution in [2.45, 2.75) is 51.4 Å². The Morgan fingerprint density at radius 2 is 2.05 bits per heavy atom. The number of hydrogen-bond acceptors (Lipinski definition) is 2. The molecule has 3 aliphatic carbocycles.